The molecule has 0 atom stereocenters. The summed E-state index contributed by atoms with van der Waals surface area (Å²) in [5.74, 6) is 0. The van der Waals surface area contributed by atoms with Crippen LogP contribution in [0.1, 0.15) is 0 Å². The molecule has 0 unspecified atom stereocenters. The van der Waals surface area contributed by atoms with Crippen LogP contribution in [0.4, 0.5) is 0 Å². The lowest BCUT2D eigenvalue weighted by atomic mass is 9.83. The molecule has 0 aliphatic heterocycles. The Morgan fingerprint density at radius 1 is 0.265 bits per heavy atom. The Hall–Kier alpha value is -6.02. The third-order valence-corrected chi connectivity index (χ3v) is 10.8. The average molecular weight is 637 g/mol. The largest absolute Gasteiger partial charge is 0.121 e. The van der Waals surface area contributed by atoms with Crippen LogP contribution in [0.2, 0.25) is 0 Å². The van der Waals surface area contributed by atoms with Crippen LogP contribution in [0, 0.1) is 0 Å². The smallest absolute Gasteiger partial charge is 0.0631 e. The van der Waals surface area contributed by atoms with Gasteiger partial charge in [0.1, 0.15) is 9.52 Å². The van der Waals surface area contributed by atoms with E-state index < -0.39 is 0 Å². The Balaban J connectivity index is 1.40. The van der Waals surface area contributed by atoms with Crippen molar-refractivity contribution in [1.82, 2.24) is 0 Å². The molecule has 1 heteroatoms. The lowest BCUT2D eigenvalue weighted by Crippen LogP contribution is -2.26. The van der Waals surface area contributed by atoms with Crippen LogP contribution in [0.3, 0.4) is 0 Å². The highest BCUT2D eigenvalue weighted by Crippen LogP contribution is 2.46. The highest BCUT2D eigenvalue weighted by Gasteiger charge is 2.20. The molecule has 0 aliphatic rings. The molecule has 0 saturated carbocycles. The average Bonchev–Trinajstić information content (AvgIpc) is 3.17. The lowest BCUT2D eigenvalue weighted by Gasteiger charge is -2.20. The van der Waals surface area contributed by atoms with Crippen molar-refractivity contribution in [2.24, 2.45) is 0 Å². The second kappa shape index (κ2) is 12.5. The fraction of sp³-hybridized carbons (Fsp3) is 0. The number of fused-ring (bicyclic) bond motifs is 3. The Morgan fingerprint density at radius 2 is 0.776 bits per heavy atom. The van der Waals surface area contributed by atoms with Gasteiger partial charge in [0.15, 0.2) is 0 Å². The first-order valence-electron chi connectivity index (χ1n) is 16.9. The first kappa shape index (κ1) is 29.1. The summed E-state index contributed by atoms with van der Waals surface area (Å²) in [7, 11) is 0.569. The molecule has 0 aromatic heterocycles. The quantitative estimate of drug-likeness (QED) is 0.126. The maximum Gasteiger partial charge on any atom is 0.121 e. The molecule has 0 aliphatic carbocycles. The van der Waals surface area contributed by atoms with E-state index in [0.717, 1.165) is 0 Å². The van der Waals surface area contributed by atoms with Crippen molar-refractivity contribution < 1.29 is 0 Å². The molecule has 0 fully saturated rings. The van der Waals surface area contributed by atoms with Crippen molar-refractivity contribution in [3.63, 3.8) is 0 Å². The van der Waals surface area contributed by atoms with Crippen LogP contribution in [0.15, 0.2) is 194 Å². The van der Waals surface area contributed by atoms with E-state index in [1.54, 1.807) is 0 Å². The predicted molar refractivity (Wildman–Crippen MR) is 212 cm³/mol. The van der Waals surface area contributed by atoms with Gasteiger partial charge < -0.3 is 0 Å². The van der Waals surface area contributed by atoms with E-state index >= 15 is 0 Å². The van der Waals surface area contributed by atoms with Crippen molar-refractivity contribution >= 4 is 52.2 Å². The first-order valence-corrected chi connectivity index (χ1v) is 17.9. The van der Waals surface area contributed by atoms with Gasteiger partial charge in [-0.2, -0.15) is 0 Å². The van der Waals surface area contributed by atoms with Gasteiger partial charge in [0, 0.05) is 0 Å². The van der Waals surface area contributed by atoms with E-state index in [1.807, 2.05) is 0 Å². The summed E-state index contributed by atoms with van der Waals surface area (Å²) in [5.41, 5.74) is 9.94. The SMILES string of the molecule is c1ccc([Si]c2ccc3c(-c4cccc5ccccc45)c4ccccc4c(-c4cc(-c5ccccc5)cc(-c5ccccc5)c4)c3c2)cc1. The van der Waals surface area contributed by atoms with Crippen LogP contribution in [0.25, 0.3) is 76.8 Å². The third kappa shape index (κ3) is 5.45. The molecule has 0 nitrogen and oxygen atoms in total. The number of hydrogen-bond donors (Lipinski definition) is 0. The predicted octanol–water partition coefficient (Wildman–Crippen LogP) is 11.5. The molecule has 0 saturated heterocycles. The van der Waals surface area contributed by atoms with Crippen LogP contribution in [-0.4, -0.2) is 9.52 Å². The molecule has 9 rings (SSSR count). The van der Waals surface area contributed by atoms with Gasteiger partial charge in [-0.05, 0) is 95.0 Å². The number of benzene rings is 9. The highest BCUT2D eigenvalue weighted by atomic mass is 28.2. The standard InChI is InChI=1S/C48H32Si/c1-4-15-33(16-5-1)36-29-37(34-17-6-2-7-18-34)31-38(30-36)47-43-24-12-13-25-44(43)48(42-26-14-20-35-19-10-11-23-41(35)42)45-28-27-40(32-46(45)47)49-39-21-8-3-9-22-39/h1-32H. The van der Waals surface area contributed by atoms with E-state index in [4.69, 9.17) is 0 Å². The zero-order valence-corrected chi connectivity index (χ0v) is 28.0. The van der Waals surface area contributed by atoms with Gasteiger partial charge in [-0.25, -0.2) is 0 Å². The Morgan fingerprint density at radius 3 is 1.45 bits per heavy atom. The number of rotatable bonds is 6. The van der Waals surface area contributed by atoms with Crippen LogP contribution < -0.4 is 10.4 Å². The fourth-order valence-electron chi connectivity index (χ4n) is 7.36. The second-order valence-electron chi connectivity index (χ2n) is 12.6. The van der Waals surface area contributed by atoms with E-state index in [2.05, 4.69) is 194 Å². The molecule has 0 amide bonds. The van der Waals surface area contributed by atoms with Gasteiger partial charge in [0.2, 0.25) is 0 Å². The summed E-state index contributed by atoms with van der Waals surface area (Å²) in [6.45, 7) is 0. The van der Waals surface area contributed by atoms with E-state index in [9.17, 15) is 0 Å². The van der Waals surface area contributed by atoms with Crippen LogP contribution in [-0.2, 0) is 0 Å². The summed E-state index contributed by atoms with van der Waals surface area (Å²) >= 11 is 0. The molecule has 0 bridgehead atoms. The van der Waals surface area contributed by atoms with Crippen LogP contribution >= 0.6 is 0 Å². The second-order valence-corrected chi connectivity index (χ2v) is 14.0. The highest BCUT2D eigenvalue weighted by molar-refractivity contribution is 6.67. The molecular weight excluding hydrogens is 605 g/mol. The van der Waals surface area contributed by atoms with Gasteiger partial charge in [-0.15, -0.1) is 0 Å². The minimum atomic E-state index is 0.569. The summed E-state index contributed by atoms with van der Waals surface area (Å²) in [5, 5.41) is 10.3. The lowest BCUT2D eigenvalue weighted by molar-refractivity contribution is 1.58. The molecule has 228 valence electrons. The van der Waals surface area contributed by atoms with Gasteiger partial charge in [-0.3, -0.25) is 0 Å². The topological polar surface area (TPSA) is 0 Å². The molecule has 9 aromatic rings. The van der Waals surface area contributed by atoms with Crippen molar-refractivity contribution in [2.75, 3.05) is 0 Å². The molecule has 9 aromatic carbocycles. The van der Waals surface area contributed by atoms with E-state index in [1.165, 1.54) is 87.2 Å². The third-order valence-electron chi connectivity index (χ3n) is 9.58. The minimum Gasteiger partial charge on any atom is -0.0631 e. The Kier molecular flexibility index (Phi) is 7.46. The van der Waals surface area contributed by atoms with Crippen LogP contribution in [0.5, 0.6) is 0 Å². The summed E-state index contributed by atoms with van der Waals surface area (Å²) in [6.07, 6.45) is 0. The fourth-order valence-corrected chi connectivity index (χ4v) is 8.43. The maximum absolute atomic E-state index is 2.47. The van der Waals surface area contributed by atoms with Gasteiger partial charge in [0.05, 0.1) is 0 Å². The van der Waals surface area contributed by atoms with Crippen molar-refractivity contribution in [3.05, 3.63) is 194 Å². The van der Waals surface area contributed by atoms with Gasteiger partial charge >= 0.3 is 0 Å². The van der Waals surface area contributed by atoms with Gasteiger partial charge in [0.25, 0.3) is 0 Å². The van der Waals surface area contributed by atoms with Crippen molar-refractivity contribution in [1.29, 1.82) is 0 Å². The Bertz CT molecular complexity index is 2540. The zero-order valence-electron chi connectivity index (χ0n) is 27.0. The monoisotopic (exact) mass is 636 g/mol. The van der Waals surface area contributed by atoms with Crippen molar-refractivity contribution in [2.45, 2.75) is 0 Å². The van der Waals surface area contributed by atoms with E-state index in [-0.39, 0.29) is 0 Å². The molecule has 0 spiro atoms. The minimum absolute atomic E-state index is 0.569. The first-order chi connectivity index (χ1) is 24.3. The molecular formula is C48H32Si. The van der Waals surface area contributed by atoms with E-state index in [0.29, 0.717) is 9.52 Å². The molecule has 49 heavy (non-hydrogen) atoms. The molecule has 0 N–H and O–H groups in total. The van der Waals surface area contributed by atoms with Crippen molar-refractivity contribution in [3.8, 4) is 44.5 Å². The summed E-state index contributed by atoms with van der Waals surface area (Å²) < 4.78 is 0. The van der Waals surface area contributed by atoms with Gasteiger partial charge in [-0.1, -0.05) is 186 Å². The normalized spacial score (nSPS) is 11.3. The summed E-state index contributed by atoms with van der Waals surface area (Å²) in [6, 6.07) is 71.2. The maximum atomic E-state index is 2.47. The molecule has 0 heterocycles. The summed E-state index contributed by atoms with van der Waals surface area (Å²) in [4.78, 5) is 0. The Labute approximate surface area is 289 Å². The number of hydrogen-bond acceptors (Lipinski definition) is 0. The molecule has 2 radical (unpaired) electrons. The zero-order chi connectivity index (χ0) is 32.6.